The SMILES string of the molecule is C[C@H]1O[C@@H](O[C@H]2CC[C@@]3(C)[C@@H](CC[C@]4(C)[C@@H]3[C@H](O)C[C@@H]3C5=CC(C)(C)CC[C@]5(CO)[C@@H](O)C[C@]34C)[C@]2(C)CO)[C@H](O)[C@@H](O[C@@H]2O[C@H](CO)[C@@H](O)[C@H](O)[C@H]2O)[C@H]1O. The monoisotopic (exact) mass is 798 g/mol. The summed E-state index contributed by atoms with van der Waals surface area (Å²) >= 11 is 0. The van der Waals surface area contributed by atoms with Gasteiger partial charge in [0.25, 0.3) is 0 Å². The number of rotatable bonds is 7. The average molecular weight is 799 g/mol. The molecule has 0 radical (unpaired) electrons. The zero-order valence-corrected chi connectivity index (χ0v) is 34.2. The van der Waals surface area contributed by atoms with Crippen molar-refractivity contribution in [3.05, 3.63) is 11.6 Å². The Hall–Kier alpha value is -0.820. The van der Waals surface area contributed by atoms with Crippen LogP contribution in [0.15, 0.2) is 11.6 Å². The highest BCUT2D eigenvalue weighted by Gasteiger charge is 2.73. The van der Waals surface area contributed by atoms with Gasteiger partial charge in [-0.25, -0.2) is 0 Å². The molecule has 7 aliphatic rings. The van der Waals surface area contributed by atoms with Crippen LogP contribution in [0, 0.1) is 50.2 Å². The minimum Gasteiger partial charge on any atom is -0.396 e. The summed E-state index contributed by atoms with van der Waals surface area (Å²) in [4.78, 5) is 0. The Kier molecular flexibility index (Phi) is 11.3. The standard InChI is InChI=1S/C42H70O14/c1-20-28(48)33(56-35-31(51)30(50)29(49)24(17-43)54-35)32(52)36(53-20)55-27-9-10-38(4)25(39(27,5)18-44)8-11-40(6)34(38)23(46)14-21-22-15-37(2,3)12-13-42(22,19-45)26(47)16-41(21,40)7/h15,20-21,23-36,43-52H,8-14,16-19H2,1-7H3/t20-,21-,23-,24-,25-,26+,27+,28+,29-,30+,31-,32-,33+,34-,35+,36+,38+,39+,40-,41-,42-/m1/s1. The second-order valence-electron chi connectivity index (χ2n) is 20.7. The Bertz CT molecular complexity index is 1480. The van der Waals surface area contributed by atoms with Crippen LogP contribution in [-0.2, 0) is 18.9 Å². The van der Waals surface area contributed by atoms with Crippen LogP contribution in [0.5, 0.6) is 0 Å². The lowest BCUT2D eigenvalue weighted by Crippen LogP contribution is -2.71. The highest BCUT2D eigenvalue weighted by molar-refractivity contribution is 5.35. The molecule has 2 saturated heterocycles. The van der Waals surface area contributed by atoms with Gasteiger partial charge in [0.15, 0.2) is 12.6 Å². The lowest BCUT2D eigenvalue weighted by molar-refractivity contribution is -0.368. The van der Waals surface area contributed by atoms with Crippen LogP contribution in [0.25, 0.3) is 0 Å². The van der Waals surface area contributed by atoms with Gasteiger partial charge in [-0.1, -0.05) is 53.2 Å². The van der Waals surface area contributed by atoms with Gasteiger partial charge in [0.2, 0.25) is 0 Å². The molecule has 0 aromatic rings. The fraction of sp³-hybridized carbons (Fsp3) is 0.952. The number of hydrogen-bond donors (Lipinski definition) is 10. The van der Waals surface area contributed by atoms with E-state index in [1.54, 1.807) is 6.92 Å². The lowest BCUT2D eigenvalue weighted by atomic mass is 9.31. The van der Waals surface area contributed by atoms with E-state index >= 15 is 0 Å². The topological polar surface area (TPSA) is 239 Å². The molecular weight excluding hydrogens is 728 g/mol. The average Bonchev–Trinajstić information content (AvgIpc) is 3.14. The van der Waals surface area contributed by atoms with Gasteiger partial charge in [-0.2, -0.15) is 0 Å². The first-order chi connectivity index (χ1) is 26.1. The number of fused-ring (bicyclic) bond motifs is 7. The summed E-state index contributed by atoms with van der Waals surface area (Å²) in [6.45, 7) is 13.8. The summed E-state index contributed by atoms with van der Waals surface area (Å²) in [7, 11) is 0. The summed E-state index contributed by atoms with van der Waals surface area (Å²) < 4.78 is 24.0. The maximum Gasteiger partial charge on any atom is 0.187 e. The first-order valence-corrected chi connectivity index (χ1v) is 21.0. The molecule has 14 heteroatoms. The molecule has 10 N–H and O–H groups in total. The third kappa shape index (κ3) is 6.17. The third-order valence-electron chi connectivity index (χ3n) is 17.4. The molecule has 6 fully saturated rings. The maximum atomic E-state index is 12.5. The molecule has 4 saturated carbocycles. The van der Waals surface area contributed by atoms with Crippen molar-refractivity contribution >= 4 is 0 Å². The number of ether oxygens (including phenoxy) is 4. The van der Waals surface area contributed by atoms with E-state index in [-0.39, 0.29) is 47.2 Å². The zero-order valence-electron chi connectivity index (χ0n) is 34.2. The van der Waals surface area contributed by atoms with Gasteiger partial charge in [0, 0.05) is 10.8 Å². The molecule has 0 spiro atoms. The second-order valence-corrected chi connectivity index (χ2v) is 20.7. The summed E-state index contributed by atoms with van der Waals surface area (Å²) in [5.41, 5.74) is -1.68. The normalized spacial score (nSPS) is 56.9. The molecule has 5 aliphatic carbocycles. The van der Waals surface area contributed by atoms with E-state index in [0.717, 1.165) is 24.8 Å². The van der Waals surface area contributed by atoms with Crippen LogP contribution >= 0.6 is 0 Å². The number of allylic oxidation sites excluding steroid dienone is 1. The summed E-state index contributed by atoms with van der Waals surface area (Å²) in [6, 6.07) is 0. The molecule has 2 heterocycles. The summed E-state index contributed by atoms with van der Waals surface area (Å²) in [6.07, 6.45) is -8.99. The molecule has 0 unspecified atom stereocenters. The van der Waals surface area contributed by atoms with Gasteiger partial charge in [-0.3, -0.25) is 0 Å². The van der Waals surface area contributed by atoms with Gasteiger partial charge in [-0.15, -0.1) is 0 Å². The molecule has 7 rings (SSSR count). The van der Waals surface area contributed by atoms with Crippen LogP contribution in [0.4, 0.5) is 0 Å². The van der Waals surface area contributed by atoms with Crippen LogP contribution in [-0.4, -0.2) is 151 Å². The van der Waals surface area contributed by atoms with Crippen LogP contribution in [0.2, 0.25) is 0 Å². The third-order valence-corrected chi connectivity index (χ3v) is 17.4. The van der Waals surface area contributed by atoms with Crippen molar-refractivity contribution < 1.29 is 70.0 Å². The molecule has 0 aromatic heterocycles. The number of aliphatic hydroxyl groups excluding tert-OH is 10. The smallest absolute Gasteiger partial charge is 0.187 e. The van der Waals surface area contributed by atoms with Crippen molar-refractivity contribution in [2.24, 2.45) is 50.2 Å². The number of hydrogen-bond acceptors (Lipinski definition) is 14. The van der Waals surface area contributed by atoms with Crippen molar-refractivity contribution in [3.8, 4) is 0 Å². The van der Waals surface area contributed by atoms with Crippen molar-refractivity contribution in [3.63, 3.8) is 0 Å². The van der Waals surface area contributed by atoms with Crippen molar-refractivity contribution in [1.29, 1.82) is 0 Å². The van der Waals surface area contributed by atoms with E-state index in [1.165, 1.54) is 0 Å². The Labute approximate surface area is 330 Å². The minimum absolute atomic E-state index is 0.00153. The van der Waals surface area contributed by atoms with E-state index in [0.29, 0.717) is 32.1 Å². The molecule has 14 nitrogen and oxygen atoms in total. The second kappa shape index (κ2) is 14.7. The Balaban J connectivity index is 1.14. The molecule has 322 valence electrons. The highest BCUT2D eigenvalue weighted by Crippen LogP contribution is 2.76. The molecule has 0 bridgehead atoms. The predicted molar refractivity (Wildman–Crippen MR) is 200 cm³/mol. The van der Waals surface area contributed by atoms with Crippen LogP contribution in [0.3, 0.4) is 0 Å². The van der Waals surface area contributed by atoms with Crippen LogP contribution in [0.1, 0.15) is 99.8 Å². The molecule has 0 amide bonds. The minimum atomic E-state index is -1.75. The fourth-order valence-electron chi connectivity index (χ4n) is 13.9. The quantitative estimate of drug-likeness (QED) is 0.126. The van der Waals surface area contributed by atoms with E-state index in [2.05, 4.69) is 40.7 Å². The molecule has 21 atom stereocenters. The van der Waals surface area contributed by atoms with Crippen LogP contribution < -0.4 is 0 Å². The van der Waals surface area contributed by atoms with E-state index in [9.17, 15) is 51.1 Å². The summed E-state index contributed by atoms with van der Waals surface area (Å²) in [5.74, 6) is -0.261. The first-order valence-electron chi connectivity index (χ1n) is 21.0. The van der Waals surface area contributed by atoms with Gasteiger partial charge >= 0.3 is 0 Å². The Morgan fingerprint density at radius 2 is 1.39 bits per heavy atom. The Morgan fingerprint density at radius 3 is 2.04 bits per heavy atom. The molecule has 56 heavy (non-hydrogen) atoms. The van der Waals surface area contributed by atoms with E-state index < -0.39 is 103 Å². The maximum absolute atomic E-state index is 12.5. The van der Waals surface area contributed by atoms with E-state index in [1.807, 2.05) is 6.92 Å². The van der Waals surface area contributed by atoms with Crippen molar-refractivity contribution in [1.82, 2.24) is 0 Å². The highest BCUT2D eigenvalue weighted by atomic mass is 16.7. The van der Waals surface area contributed by atoms with Crippen molar-refractivity contribution in [2.75, 3.05) is 19.8 Å². The molecular formula is C42H70O14. The first kappa shape index (κ1) is 43.3. The van der Waals surface area contributed by atoms with Gasteiger partial charge in [-0.05, 0) is 97.7 Å². The lowest BCUT2D eigenvalue weighted by Gasteiger charge is -2.74. The summed E-state index contributed by atoms with van der Waals surface area (Å²) in [5, 5.41) is 110. The van der Waals surface area contributed by atoms with E-state index in [4.69, 9.17) is 18.9 Å². The molecule has 0 aromatic carbocycles. The van der Waals surface area contributed by atoms with Gasteiger partial charge < -0.3 is 70.0 Å². The predicted octanol–water partition coefficient (Wildman–Crippen LogP) is 0.731. The fourth-order valence-corrected chi connectivity index (χ4v) is 13.9. The largest absolute Gasteiger partial charge is 0.396 e. The van der Waals surface area contributed by atoms with Crippen molar-refractivity contribution in [2.45, 2.75) is 180 Å². The van der Waals surface area contributed by atoms with Gasteiger partial charge in [0.1, 0.15) is 42.7 Å². The number of aliphatic hydroxyl groups is 10. The van der Waals surface area contributed by atoms with Gasteiger partial charge in [0.05, 0.1) is 44.2 Å². The Morgan fingerprint density at radius 1 is 0.714 bits per heavy atom. The molecule has 2 aliphatic heterocycles. The zero-order chi connectivity index (χ0) is 41.1.